The summed E-state index contributed by atoms with van der Waals surface area (Å²) in [4.78, 5) is 12.3. The summed E-state index contributed by atoms with van der Waals surface area (Å²) in [7, 11) is 0. The van der Waals surface area contributed by atoms with Gasteiger partial charge in [0, 0.05) is 5.33 Å². The van der Waals surface area contributed by atoms with Gasteiger partial charge in [-0.3, -0.25) is 4.79 Å². The van der Waals surface area contributed by atoms with Gasteiger partial charge in [-0.2, -0.15) is 0 Å². The number of halogens is 1. The Morgan fingerprint density at radius 3 is 2.11 bits per heavy atom. The van der Waals surface area contributed by atoms with Crippen LogP contribution < -0.4 is 0 Å². The molecule has 0 heterocycles. The van der Waals surface area contributed by atoms with Gasteiger partial charge in [-0.15, -0.1) is 0 Å². The van der Waals surface area contributed by atoms with E-state index in [-0.39, 0.29) is 17.8 Å². The van der Waals surface area contributed by atoms with Crippen LogP contribution in [0.5, 0.6) is 0 Å². The van der Waals surface area contributed by atoms with E-state index in [1.807, 2.05) is 58.9 Å². The van der Waals surface area contributed by atoms with Crippen LogP contribution in [0.1, 0.15) is 51.7 Å². The van der Waals surface area contributed by atoms with E-state index >= 15 is 0 Å². The maximum absolute atomic E-state index is 12.3. The molecule has 0 aliphatic rings. The number of benzene rings is 1. The molecule has 0 saturated heterocycles. The van der Waals surface area contributed by atoms with E-state index < -0.39 is 5.60 Å². The standard InChI is InChI=1S/C16H23BrO2/c1-11(2)14(15(18)19-16(3,4)5)13-8-6-12(10-17)7-9-13/h6-9,11,14H,10H2,1-5H3. The van der Waals surface area contributed by atoms with Crippen LogP contribution in [-0.2, 0) is 14.9 Å². The van der Waals surface area contributed by atoms with Gasteiger partial charge in [-0.1, -0.05) is 54.0 Å². The first-order valence-electron chi connectivity index (χ1n) is 6.62. The van der Waals surface area contributed by atoms with Gasteiger partial charge in [0.2, 0.25) is 0 Å². The Hall–Kier alpha value is -0.830. The summed E-state index contributed by atoms with van der Waals surface area (Å²) in [5, 5.41) is 0.825. The van der Waals surface area contributed by atoms with Gasteiger partial charge in [0.05, 0.1) is 5.92 Å². The molecule has 1 aromatic carbocycles. The molecule has 1 aromatic rings. The van der Waals surface area contributed by atoms with E-state index in [2.05, 4.69) is 15.9 Å². The second kappa shape index (κ2) is 6.56. The number of hydrogen-bond donors (Lipinski definition) is 0. The van der Waals surface area contributed by atoms with Crippen LogP contribution >= 0.6 is 15.9 Å². The summed E-state index contributed by atoms with van der Waals surface area (Å²) in [5.41, 5.74) is 1.78. The van der Waals surface area contributed by atoms with Crippen molar-refractivity contribution in [2.24, 2.45) is 5.92 Å². The lowest BCUT2D eigenvalue weighted by Gasteiger charge is -2.26. The molecule has 0 amide bonds. The predicted octanol–water partition coefficient (Wildman–Crippen LogP) is 4.66. The molecule has 0 saturated carbocycles. The third-order valence-corrected chi connectivity index (χ3v) is 3.47. The van der Waals surface area contributed by atoms with E-state index in [1.165, 1.54) is 5.56 Å². The van der Waals surface area contributed by atoms with E-state index in [0.717, 1.165) is 10.9 Å². The van der Waals surface area contributed by atoms with Crippen LogP contribution in [0.25, 0.3) is 0 Å². The minimum atomic E-state index is -0.444. The zero-order valence-electron chi connectivity index (χ0n) is 12.4. The van der Waals surface area contributed by atoms with Gasteiger partial charge >= 0.3 is 5.97 Å². The molecule has 0 bridgehead atoms. The highest BCUT2D eigenvalue weighted by molar-refractivity contribution is 9.08. The summed E-state index contributed by atoms with van der Waals surface area (Å²) in [5.74, 6) is -0.137. The fraction of sp³-hybridized carbons (Fsp3) is 0.562. The van der Waals surface area contributed by atoms with Crippen LogP contribution in [0, 0.1) is 5.92 Å². The molecule has 0 aliphatic carbocycles. The van der Waals surface area contributed by atoms with Crippen LogP contribution in [0.3, 0.4) is 0 Å². The van der Waals surface area contributed by atoms with Gasteiger partial charge in [-0.25, -0.2) is 0 Å². The summed E-state index contributed by atoms with van der Waals surface area (Å²) < 4.78 is 5.52. The molecule has 1 unspecified atom stereocenters. The monoisotopic (exact) mass is 326 g/mol. The van der Waals surface area contributed by atoms with Crippen molar-refractivity contribution in [2.45, 2.75) is 51.5 Å². The Morgan fingerprint density at radius 2 is 1.74 bits per heavy atom. The Labute approximate surface area is 124 Å². The quantitative estimate of drug-likeness (QED) is 0.594. The Bertz CT molecular complexity index is 415. The van der Waals surface area contributed by atoms with Crippen molar-refractivity contribution >= 4 is 21.9 Å². The highest BCUT2D eigenvalue weighted by Gasteiger charge is 2.29. The van der Waals surface area contributed by atoms with Crippen molar-refractivity contribution < 1.29 is 9.53 Å². The average Bonchev–Trinajstić information content (AvgIpc) is 2.27. The van der Waals surface area contributed by atoms with Crippen molar-refractivity contribution in [1.82, 2.24) is 0 Å². The molecule has 0 spiro atoms. The highest BCUT2D eigenvalue weighted by Crippen LogP contribution is 2.28. The number of hydrogen-bond acceptors (Lipinski definition) is 2. The summed E-state index contributed by atoms with van der Waals surface area (Å²) in [6.45, 7) is 9.79. The van der Waals surface area contributed by atoms with Crippen molar-refractivity contribution in [1.29, 1.82) is 0 Å². The lowest BCUT2D eigenvalue weighted by molar-refractivity contribution is -0.157. The fourth-order valence-corrected chi connectivity index (χ4v) is 2.35. The number of alkyl halides is 1. The minimum absolute atomic E-state index is 0.144. The Morgan fingerprint density at radius 1 is 1.21 bits per heavy atom. The second-order valence-electron chi connectivity index (χ2n) is 6.13. The van der Waals surface area contributed by atoms with E-state index in [1.54, 1.807) is 0 Å². The Kier molecular flexibility index (Phi) is 5.60. The second-order valence-corrected chi connectivity index (χ2v) is 6.69. The van der Waals surface area contributed by atoms with Crippen LogP contribution in [0.15, 0.2) is 24.3 Å². The Balaban J connectivity index is 2.96. The molecule has 1 atom stereocenters. The molecule has 0 fully saturated rings. The molecular formula is C16H23BrO2. The van der Waals surface area contributed by atoms with Gasteiger partial charge in [-0.05, 0) is 37.8 Å². The molecule has 0 aromatic heterocycles. The first kappa shape index (κ1) is 16.2. The predicted molar refractivity (Wildman–Crippen MR) is 82.5 cm³/mol. The van der Waals surface area contributed by atoms with Crippen molar-refractivity contribution in [3.8, 4) is 0 Å². The SMILES string of the molecule is CC(C)C(C(=O)OC(C)(C)C)c1ccc(CBr)cc1. The fourth-order valence-electron chi connectivity index (χ4n) is 1.97. The summed E-state index contributed by atoms with van der Waals surface area (Å²) >= 11 is 3.43. The van der Waals surface area contributed by atoms with Gasteiger partial charge < -0.3 is 4.74 Å². The highest BCUT2D eigenvalue weighted by atomic mass is 79.9. The third kappa shape index (κ3) is 4.98. The van der Waals surface area contributed by atoms with E-state index in [4.69, 9.17) is 4.74 Å². The van der Waals surface area contributed by atoms with E-state index in [0.29, 0.717) is 0 Å². The summed E-state index contributed by atoms with van der Waals surface area (Å²) in [6.07, 6.45) is 0. The van der Waals surface area contributed by atoms with Crippen molar-refractivity contribution in [3.63, 3.8) is 0 Å². The van der Waals surface area contributed by atoms with Gasteiger partial charge in [0.25, 0.3) is 0 Å². The van der Waals surface area contributed by atoms with Gasteiger partial charge in [0.15, 0.2) is 0 Å². The molecule has 3 heteroatoms. The molecule has 0 aliphatic heterocycles. The van der Waals surface area contributed by atoms with Crippen LogP contribution in [-0.4, -0.2) is 11.6 Å². The molecule has 0 radical (unpaired) electrons. The first-order valence-corrected chi connectivity index (χ1v) is 7.74. The molecule has 0 N–H and O–H groups in total. The molecule has 1 rings (SSSR count). The topological polar surface area (TPSA) is 26.3 Å². The van der Waals surface area contributed by atoms with Crippen molar-refractivity contribution in [3.05, 3.63) is 35.4 Å². The smallest absolute Gasteiger partial charge is 0.314 e. The maximum Gasteiger partial charge on any atom is 0.314 e. The first-order chi connectivity index (χ1) is 8.74. The molecule has 19 heavy (non-hydrogen) atoms. The number of ether oxygens (including phenoxy) is 1. The third-order valence-electron chi connectivity index (χ3n) is 2.82. The number of carbonyl (C=O) groups excluding carboxylic acids is 1. The van der Waals surface area contributed by atoms with E-state index in [9.17, 15) is 4.79 Å². The average molecular weight is 327 g/mol. The lowest BCUT2D eigenvalue weighted by Crippen LogP contribution is -2.29. The maximum atomic E-state index is 12.3. The minimum Gasteiger partial charge on any atom is -0.459 e. The van der Waals surface area contributed by atoms with Gasteiger partial charge in [0.1, 0.15) is 5.60 Å². The normalized spacial score (nSPS) is 13.4. The van der Waals surface area contributed by atoms with Crippen LogP contribution in [0.2, 0.25) is 0 Å². The molecule has 2 nitrogen and oxygen atoms in total. The van der Waals surface area contributed by atoms with Crippen molar-refractivity contribution in [2.75, 3.05) is 0 Å². The summed E-state index contributed by atoms with van der Waals surface area (Å²) in [6, 6.07) is 8.13. The zero-order chi connectivity index (χ0) is 14.6. The lowest BCUT2D eigenvalue weighted by atomic mass is 9.88. The van der Waals surface area contributed by atoms with Crippen LogP contribution in [0.4, 0.5) is 0 Å². The largest absolute Gasteiger partial charge is 0.459 e. The number of rotatable bonds is 4. The zero-order valence-corrected chi connectivity index (χ0v) is 14.0. The number of esters is 1. The molecule has 106 valence electrons. The number of carbonyl (C=O) groups is 1. The molecular weight excluding hydrogens is 304 g/mol.